The molecule has 2 N–H and O–H groups in total. The van der Waals surface area contributed by atoms with Crippen LogP contribution in [-0.4, -0.2) is 20.2 Å². The van der Waals surface area contributed by atoms with Crippen molar-refractivity contribution in [2.45, 2.75) is 39.7 Å². The summed E-state index contributed by atoms with van der Waals surface area (Å²) in [5, 5.41) is 12.1. The van der Waals surface area contributed by atoms with Gasteiger partial charge in [0.15, 0.2) is 5.82 Å². The molecule has 1 heterocycles. The highest BCUT2D eigenvalue weighted by molar-refractivity contribution is 5.74. The van der Waals surface area contributed by atoms with Gasteiger partial charge in [0.1, 0.15) is 0 Å². The van der Waals surface area contributed by atoms with Gasteiger partial charge in [-0.1, -0.05) is 26.0 Å². The van der Waals surface area contributed by atoms with E-state index in [2.05, 4.69) is 29.4 Å². The average molecular weight is 245 g/mol. The third kappa shape index (κ3) is 2.08. The minimum Gasteiger partial charge on any atom is -0.398 e. The fraction of sp³-hybridized carbons (Fsp3) is 0.462. The van der Waals surface area contributed by atoms with Crippen LogP contribution in [0.5, 0.6) is 0 Å². The van der Waals surface area contributed by atoms with E-state index >= 15 is 0 Å². The van der Waals surface area contributed by atoms with Crippen LogP contribution in [0.15, 0.2) is 18.2 Å². The number of aryl methyl sites for hydroxylation is 1. The zero-order valence-electron chi connectivity index (χ0n) is 11.1. The summed E-state index contributed by atoms with van der Waals surface area (Å²) < 4.78 is 1.89. The van der Waals surface area contributed by atoms with Gasteiger partial charge in [-0.25, -0.2) is 4.68 Å². The number of nitrogens with two attached hydrogens (primary N) is 1. The molecular weight excluding hydrogens is 226 g/mol. The van der Waals surface area contributed by atoms with E-state index in [1.165, 1.54) is 0 Å². The van der Waals surface area contributed by atoms with Gasteiger partial charge in [0, 0.05) is 11.3 Å². The minimum atomic E-state index is 0.314. The number of nitrogens with zero attached hydrogens (tertiary/aromatic N) is 4. The zero-order valence-corrected chi connectivity index (χ0v) is 11.1. The van der Waals surface area contributed by atoms with Gasteiger partial charge in [-0.05, 0) is 41.8 Å². The summed E-state index contributed by atoms with van der Waals surface area (Å²) in [6.07, 6.45) is 2.00. The molecule has 1 aromatic heterocycles. The Bertz CT molecular complexity index is 508. The standard InChI is InChI=1S/C13H19N5/c1-4-10(5-2)18-13(15-16-17-18)12-9(3)7-6-8-11(12)14/h6-8,10H,4-5,14H2,1-3H3. The molecule has 0 aliphatic carbocycles. The first kappa shape index (κ1) is 12.5. The maximum Gasteiger partial charge on any atom is 0.184 e. The third-order valence-corrected chi connectivity index (χ3v) is 3.31. The predicted molar refractivity (Wildman–Crippen MR) is 72.0 cm³/mol. The van der Waals surface area contributed by atoms with Crippen molar-refractivity contribution in [1.82, 2.24) is 20.2 Å². The van der Waals surface area contributed by atoms with Crippen LogP contribution in [0.4, 0.5) is 5.69 Å². The van der Waals surface area contributed by atoms with Crippen LogP contribution >= 0.6 is 0 Å². The molecule has 5 nitrogen and oxygen atoms in total. The lowest BCUT2D eigenvalue weighted by atomic mass is 10.1. The van der Waals surface area contributed by atoms with E-state index in [1.807, 2.05) is 29.8 Å². The Hall–Kier alpha value is -1.91. The lowest BCUT2D eigenvalue weighted by molar-refractivity contribution is 0.422. The second kappa shape index (κ2) is 5.16. The number of hydrogen-bond donors (Lipinski definition) is 1. The summed E-state index contributed by atoms with van der Waals surface area (Å²) in [5.41, 5.74) is 8.81. The van der Waals surface area contributed by atoms with Gasteiger partial charge >= 0.3 is 0 Å². The molecule has 0 aliphatic heterocycles. The number of nitrogen functional groups attached to an aromatic ring is 1. The summed E-state index contributed by atoms with van der Waals surface area (Å²) in [5.74, 6) is 0.763. The van der Waals surface area contributed by atoms with Crippen molar-refractivity contribution >= 4 is 5.69 Å². The van der Waals surface area contributed by atoms with Gasteiger partial charge in [-0.2, -0.15) is 0 Å². The van der Waals surface area contributed by atoms with Gasteiger partial charge in [-0.15, -0.1) is 5.10 Å². The second-order valence-electron chi connectivity index (χ2n) is 4.46. The van der Waals surface area contributed by atoms with E-state index in [0.717, 1.165) is 35.5 Å². The molecule has 18 heavy (non-hydrogen) atoms. The molecule has 0 aliphatic rings. The second-order valence-corrected chi connectivity index (χ2v) is 4.46. The first-order valence-electron chi connectivity index (χ1n) is 6.32. The average Bonchev–Trinajstić information content (AvgIpc) is 2.80. The molecule has 0 radical (unpaired) electrons. The molecule has 0 fully saturated rings. The summed E-state index contributed by atoms with van der Waals surface area (Å²) in [6.45, 7) is 6.30. The van der Waals surface area contributed by atoms with Crippen molar-refractivity contribution in [3.63, 3.8) is 0 Å². The van der Waals surface area contributed by atoms with E-state index in [9.17, 15) is 0 Å². The van der Waals surface area contributed by atoms with Crippen LogP contribution in [-0.2, 0) is 0 Å². The highest BCUT2D eigenvalue weighted by Crippen LogP contribution is 2.29. The number of tetrazole rings is 1. The molecule has 0 saturated carbocycles. The molecule has 1 aromatic carbocycles. The molecule has 0 amide bonds. The van der Waals surface area contributed by atoms with Crippen molar-refractivity contribution in [2.75, 3.05) is 5.73 Å². The van der Waals surface area contributed by atoms with Crippen molar-refractivity contribution in [3.05, 3.63) is 23.8 Å². The zero-order chi connectivity index (χ0) is 13.1. The fourth-order valence-corrected chi connectivity index (χ4v) is 2.23. The Morgan fingerprint density at radius 2 is 2.00 bits per heavy atom. The lowest BCUT2D eigenvalue weighted by Gasteiger charge is -2.16. The highest BCUT2D eigenvalue weighted by Gasteiger charge is 2.18. The number of hydrogen-bond acceptors (Lipinski definition) is 4. The highest BCUT2D eigenvalue weighted by atomic mass is 15.5. The van der Waals surface area contributed by atoms with Gasteiger partial charge in [-0.3, -0.25) is 0 Å². The van der Waals surface area contributed by atoms with Crippen molar-refractivity contribution < 1.29 is 0 Å². The van der Waals surface area contributed by atoms with Crippen molar-refractivity contribution in [3.8, 4) is 11.4 Å². The van der Waals surface area contributed by atoms with E-state index in [4.69, 9.17) is 5.73 Å². The van der Waals surface area contributed by atoms with Crippen LogP contribution in [0.1, 0.15) is 38.3 Å². The van der Waals surface area contributed by atoms with Gasteiger partial charge in [0.05, 0.1) is 6.04 Å². The maximum atomic E-state index is 6.06. The van der Waals surface area contributed by atoms with Crippen LogP contribution in [0.25, 0.3) is 11.4 Å². The first-order valence-corrected chi connectivity index (χ1v) is 6.32. The molecule has 0 spiro atoms. The molecule has 0 saturated heterocycles. The normalized spacial score (nSPS) is 11.1. The summed E-state index contributed by atoms with van der Waals surface area (Å²) >= 11 is 0. The van der Waals surface area contributed by atoms with Gasteiger partial charge in [0.25, 0.3) is 0 Å². The summed E-state index contributed by atoms with van der Waals surface area (Å²) in [4.78, 5) is 0. The summed E-state index contributed by atoms with van der Waals surface area (Å²) in [7, 11) is 0. The van der Waals surface area contributed by atoms with E-state index in [0.29, 0.717) is 6.04 Å². The monoisotopic (exact) mass is 245 g/mol. The smallest absolute Gasteiger partial charge is 0.184 e. The minimum absolute atomic E-state index is 0.314. The Kier molecular flexibility index (Phi) is 3.60. The first-order chi connectivity index (χ1) is 8.69. The van der Waals surface area contributed by atoms with Crippen LogP contribution in [0, 0.1) is 6.92 Å². The largest absolute Gasteiger partial charge is 0.398 e. The molecule has 2 rings (SSSR count). The SMILES string of the molecule is CCC(CC)n1nnnc1-c1c(C)cccc1N. The third-order valence-electron chi connectivity index (χ3n) is 3.31. The Morgan fingerprint density at radius 3 is 2.61 bits per heavy atom. The summed E-state index contributed by atoms with van der Waals surface area (Å²) in [6, 6.07) is 6.17. The Labute approximate surface area is 107 Å². The molecule has 0 unspecified atom stereocenters. The number of aromatic nitrogens is 4. The van der Waals surface area contributed by atoms with Crippen LogP contribution < -0.4 is 5.73 Å². The van der Waals surface area contributed by atoms with E-state index < -0.39 is 0 Å². The molecule has 5 heteroatoms. The Morgan fingerprint density at radius 1 is 1.28 bits per heavy atom. The molecule has 0 bridgehead atoms. The van der Waals surface area contributed by atoms with Gasteiger partial charge < -0.3 is 5.73 Å². The van der Waals surface area contributed by atoms with Crippen molar-refractivity contribution in [1.29, 1.82) is 0 Å². The van der Waals surface area contributed by atoms with Crippen LogP contribution in [0.2, 0.25) is 0 Å². The predicted octanol–water partition coefficient (Wildman–Crippen LogP) is 2.59. The topological polar surface area (TPSA) is 69.6 Å². The van der Waals surface area contributed by atoms with Gasteiger partial charge in [0.2, 0.25) is 0 Å². The molecule has 0 atom stereocenters. The molecule has 96 valence electrons. The van der Waals surface area contributed by atoms with Crippen LogP contribution in [0.3, 0.4) is 0 Å². The number of anilines is 1. The van der Waals surface area contributed by atoms with E-state index in [1.54, 1.807) is 0 Å². The Balaban J connectivity index is 2.55. The number of benzene rings is 1. The number of rotatable bonds is 4. The quantitative estimate of drug-likeness (QED) is 0.840. The molecule has 2 aromatic rings. The molecular formula is C13H19N5. The fourth-order valence-electron chi connectivity index (χ4n) is 2.23. The maximum absolute atomic E-state index is 6.06. The van der Waals surface area contributed by atoms with Crippen molar-refractivity contribution in [2.24, 2.45) is 0 Å². The lowest BCUT2D eigenvalue weighted by Crippen LogP contribution is -2.11. The van der Waals surface area contributed by atoms with E-state index in [-0.39, 0.29) is 0 Å².